The van der Waals surface area contributed by atoms with Crippen molar-refractivity contribution in [2.45, 2.75) is 104 Å². The molecule has 47 heavy (non-hydrogen) atoms. The van der Waals surface area contributed by atoms with Gasteiger partial charge in [0, 0.05) is 41.8 Å². The van der Waals surface area contributed by atoms with Crippen LogP contribution in [0.2, 0.25) is 0 Å². The van der Waals surface area contributed by atoms with Crippen LogP contribution in [0.25, 0.3) is 22.2 Å². The number of nitrogens with zero attached hydrogens (tertiary/aromatic N) is 3. The van der Waals surface area contributed by atoms with E-state index in [4.69, 9.17) is 0 Å². The van der Waals surface area contributed by atoms with Gasteiger partial charge in [0.15, 0.2) is 0 Å². The molecule has 5 rings (SSSR count). The molecule has 0 aliphatic rings. The fourth-order valence-corrected chi connectivity index (χ4v) is 6.57. The average molecular weight is 630 g/mol. The molecule has 0 atom stereocenters. The van der Waals surface area contributed by atoms with Crippen LogP contribution in [0.5, 0.6) is 0 Å². The molecule has 0 amide bonds. The minimum absolute atomic E-state index is 0.00140. The van der Waals surface area contributed by atoms with E-state index in [1.54, 1.807) is 6.07 Å². The first-order chi connectivity index (χ1) is 23.1. The molecule has 0 unspecified atom stereocenters. The van der Waals surface area contributed by atoms with Crippen molar-refractivity contribution >= 4 is 28.1 Å². The second kappa shape index (κ2) is 17.5. The van der Waals surface area contributed by atoms with Crippen molar-refractivity contribution in [3.63, 3.8) is 0 Å². The summed E-state index contributed by atoms with van der Waals surface area (Å²) >= 11 is 0. The zero-order valence-corrected chi connectivity index (χ0v) is 28.4. The first-order valence-electron chi connectivity index (χ1n) is 17.9. The number of aryl methyl sites for hydroxylation is 2. The molecule has 0 fully saturated rings. The monoisotopic (exact) mass is 629 g/mol. The molecule has 3 aromatic carbocycles. The van der Waals surface area contributed by atoms with E-state index in [1.807, 2.05) is 69.8 Å². The maximum atomic E-state index is 14.2. The van der Waals surface area contributed by atoms with Crippen LogP contribution in [0.1, 0.15) is 90.9 Å². The van der Waals surface area contributed by atoms with Crippen molar-refractivity contribution < 1.29 is 0 Å². The van der Waals surface area contributed by atoms with Gasteiger partial charge in [0.25, 0.3) is 11.1 Å². The minimum atomic E-state index is -0.00140. The van der Waals surface area contributed by atoms with E-state index in [1.165, 1.54) is 51.4 Å². The Bertz CT molecular complexity index is 1750. The zero-order valence-electron chi connectivity index (χ0n) is 28.4. The van der Waals surface area contributed by atoms with Gasteiger partial charge in [-0.25, -0.2) is 0 Å². The average Bonchev–Trinajstić information content (AvgIpc) is 3.10. The molecule has 2 aromatic heterocycles. The fraction of sp³-hybridized carbons (Fsp3) is 0.381. The van der Waals surface area contributed by atoms with E-state index in [2.05, 4.69) is 55.1 Å². The Labute approximate surface area is 280 Å². The van der Waals surface area contributed by atoms with E-state index in [-0.39, 0.29) is 11.1 Å². The predicted octanol–water partition coefficient (Wildman–Crippen LogP) is 11.0. The van der Waals surface area contributed by atoms with E-state index in [0.717, 1.165) is 59.3 Å². The third-order valence-electron chi connectivity index (χ3n) is 9.19. The molecule has 0 aliphatic heterocycles. The highest BCUT2D eigenvalue weighted by molar-refractivity contribution is 5.83. The molecule has 5 heteroatoms. The zero-order chi connectivity index (χ0) is 32.8. The second-order valence-electron chi connectivity index (χ2n) is 12.7. The van der Waals surface area contributed by atoms with Gasteiger partial charge in [0.2, 0.25) is 0 Å². The number of pyridine rings is 2. The van der Waals surface area contributed by atoms with Crippen LogP contribution in [0, 0.1) is 0 Å². The van der Waals surface area contributed by atoms with Crippen LogP contribution in [0.15, 0.2) is 113 Å². The number of hydrogen-bond donors (Lipinski definition) is 0. The molecule has 0 aliphatic carbocycles. The number of hydrogen-bond acceptors (Lipinski definition) is 3. The number of para-hydroxylation sites is 2. The van der Waals surface area contributed by atoms with E-state index in [9.17, 15) is 9.59 Å². The van der Waals surface area contributed by atoms with Gasteiger partial charge in [-0.15, -0.1) is 0 Å². The summed E-state index contributed by atoms with van der Waals surface area (Å²) in [6.07, 6.45) is 13.9. The predicted molar refractivity (Wildman–Crippen MR) is 199 cm³/mol. The summed E-state index contributed by atoms with van der Waals surface area (Å²) in [5, 5.41) is 0. The number of fused-ring (bicyclic) bond motifs is 1. The molecule has 5 aromatic rings. The third-order valence-corrected chi connectivity index (χ3v) is 9.19. The minimum Gasteiger partial charge on any atom is -0.311 e. The molecule has 5 nitrogen and oxygen atoms in total. The van der Waals surface area contributed by atoms with Crippen molar-refractivity contribution in [1.82, 2.24) is 9.13 Å². The lowest BCUT2D eigenvalue weighted by Gasteiger charge is -2.25. The van der Waals surface area contributed by atoms with Crippen LogP contribution < -0.4 is 16.0 Å². The van der Waals surface area contributed by atoms with Crippen LogP contribution >= 0.6 is 0 Å². The Hall–Kier alpha value is -4.38. The summed E-state index contributed by atoms with van der Waals surface area (Å²) in [6.45, 7) is 5.78. The molecule has 0 saturated carbocycles. The van der Waals surface area contributed by atoms with Crippen molar-refractivity contribution in [3.8, 4) is 11.1 Å². The first-order valence-corrected chi connectivity index (χ1v) is 17.9. The summed E-state index contributed by atoms with van der Waals surface area (Å²) in [5.74, 6) is 0. The highest BCUT2D eigenvalue weighted by atomic mass is 16.1. The SMILES string of the molecule is CCCCCCCCn1c(=O)ccc2c1cc(-c1ccc(N(c3ccccc3)c3ccccc3)cc1)c(=O)n2CCCCCCCC. The van der Waals surface area contributed by atoms with Crippen molar-refractivity contribution in [1.29, 1.82) is 0 Å². The topological polar surface area (TPSA) is 47.2 Å². The van der Waals surface area contributed by atoms with Gasteiger partial charge in [-0.05, 0) is 66.9 Å². The Balaban J connectivity index is 1.52. The van der Waals surface area contributed by atoms with Crippen molar-refractivity contribution in [3.05, 3.63) is 124 Å². The third kappa shape index (κ3) is 8.71. The second-order valence-corrected chi connectivity index (χ2v) is 12.7. The molecule has 0 saturated heterocycles. The Kier molecular flexibility index (Phi) is 12.7. The lowest BCUT2D eigenvalue weighted by atomic mass is 10.0. The molecule has 246 valence electrons. The van der Waals surface area contributed by atoms with Gasteiger partial charge in [-0.3, -0.25) is 9.59 Å². The van der Waals surface area contributed by atoms with Gasteiger partial charge in [0.05, 0.1) is 11.0 Å². The molecule has 0 bridgehead atoms. The molecule has 0 radical (unpaired) electrons. The summed E-state index contributed by atoms with van der Waals surface area (Å²) in [7, 11) is 0. The summed E-state index contributed by atoms with van der Waals surface area (Å²) in [6, 6.07) is 34.4. The van der Waals surface area contributed by atoms with Crippen LogP contribution in [0.3, 0.4) is 0 Å². The number of aromatic nitrogens is 2. The fourth-order valence-electron chi connectivity index (χ4n) is 6.57. The summed E-state index contributed by atoms with van der Waals surface area (Å²) in [5.41, 5.74) is 6.36. The Morgan fingerprint density at radius 2 is 0.979 bits per heavy atom. The molecule has 0 spiro atoms. The number of rotatable bonds is 18. The highest BCUT2D eigenvalue weighted by Crippen LogP contribution is 2.35. The largest absolute Gasteiger partial charge is 0.311 e. The molecular weight excluding hydrogens is 578 g/mol. The van der Waals surface area contributed by atoms with Crippen LogP contribution in [0.4, 0.5) is 17.1 Å². The summed E-state index contributed by atoms with van der Waals surface area (Å²) in [4.78, 5) is 29.7. The van der Waals surface area contributed by atoms with Gasteiger partial charge in [-0.1, -0.05) is 127 Å². The Morgan fingerprint density at radius 1 is 0.489 bits per heavy atom. The van der Waals surface area contributed by atoms with Gasteiger partial charge in [0.1, 0.15) is 0 Å². The van der Waals surface area contributed by atoms with Crippen LogP contribution in [-0.2, 0) is 13.1 Å². The number of anilines is 3. The van der Waals surface area contributed by atoms with Gasteiger partial charge in [-0.2, -0.15) is 0 Å². The standard InChI is InChI=1S/C42H51N3O2/c1-3-5-7-9-11-19-31-43-40-33-38(42(47)44(39(40)29-30-41(43)46)32-20-12-10-8-6-4-2)34-25-27-37(28-26-34)45(35-21-15-13-16-22-35)36-23-17-14-18-24-36/h13-18,21-30,33H,3-12,19-20,31-32H2,1-2H3. The van der Waals surface area contributed by atoms with Crippen molar-refractivity contribution in [2.75, 3.05) is 4.90 Å². The lowest BCUT2D eigenvalue weighted by molar-refractivity contribution is 0.551. The van der Waals surface area contributed by atoms with E-state index < -0.39 is 0 Å². The normalized spacial score (nSPS) is 11.3. The van der Waals surface area contributed by atoms with Crippen molar-refractivity contribution in [2.24, 2.45) is 0 Å². The molecule has 0 N–H and O–H groups in total. The van der Waals surface area contributed by atoms with Gasteiger partial charge < -0.3 is 14.0 Å². The first kappa shape index (κ1) is 34.0. The smallest absolute Gasteiger partial charge is 0.259 e. The van der Waals surface area contributed by atoms with Gasteiger partial charge >= 0.3 is 0 Å². The number of benzene rings is 3. The highest BCUT2D eigenvalue weighted by Gasteiger charge is 2.16. The Morgan fingerprint density at radius 3 is 1.53 bits per heavy atom. The maximum absolute atomic E-state index is 14.2. The maximum Gasteiger partial charge on any atom is 0.259 e. The quantitative estimate of drug-likeness (QED) is 0.0906. The van der Waals surface area contributed by atoms with E-state index in [0.29, 0.717) is 18.7 Å². The van der Waals surface area contributed by atoms with Crippen LogP contribution in [-0.4, -0.2) is 9.13 Å². The molecular formula is C42H51N3O2. The summed E-state index contributed by atoms with van der Waals surface area (Å²) < 4.78 is 3.83. The molecule has 2 heterocycles. The lowest BCUT2D eigenvalue weighted by Crippen LogP contribution is -2.27. The van der Waals surface area contributed by atoms with E-state index >= 15 is 0 Å². The number of unbranched alkanes of at least 4 members (excludes halogenated alkanes) is 10.